The number of aryl methyl sites for hydroxylation is 1. The number of hydrogen-bond acceptors (Lipinski definition) is 5. The molecule has 0 aliphatic rings. The van der Waals surface area contributed by atoms with Gasteiger partial charge in [-0.05, 0) is 35.7 Å². The lowest BCUT2D eigenvalue weighted by atomic mass is 10.0. The summed E-state index contributed by atoms with van der Waals surface area (Å²) >= 11 is 0. The van der Waals surface area contributed by atoms with Crippen molar-refractivity contribution in [2.24, 2.45) is 0 Å². The van der Waals surface area contributed by atoms with Crippen LogP contribution in [0.4, 0.5) is 5.95 Å². The van der Waals surface area contributed by atoms with Gasteiger partial charge in [-0.1, -0.05) is 54.6 Å². The highest BCUT2D eigenvalue weighted by Crippen LogP contribution is 2.30. The average molecular weight is 438 g/mol. The van der Waals surface area contributed by atoms with Crippen LogP contribution in [-0.4, -0.2) is 35.0 Å². The van der Waals surface area contributed by atoms with Crippen LogP contribution in [0, 0.1) is 6.92 Å². The van der Waals surface area contributed by atoms with E-state index in [4.69, 9.17) is 4.98 Å². The Balaban J connectivity index is 1.51. The van der Waals surface area contributed by atoms with Crippen LogP contribution in [0.3, 0.4) is 0 Å². The van der Waals surface area contributed by atoms with Crippen LogP contribution in [0.25, 0.3) is 22.5 Å². The van der Waals surface area contributed by atoms with Gasteiger partial charge < -0.3 is 10.2 Å². The third-order valence-corrected chi connectivity index (χ3v) is 5.45. The van der Waals surface area contributed by atoms with Crippen molar-refractivity contribution in [3.8, 4) is 22.5 Å². The maximum absolute atomic E-state index is 12.4. The van der Waals surface area contributed by atoms with Gasteiger partial charge in [-0.25, -0.2) is 9.97 Å². The number of pyridine rings is 1. The van der Waals surface area contributed by atoms with Crippen molar-refractivity contribution >= 4 is 11.9 Å². The summed E-state index contributed by atoms with van der Waals surface area (Å²) in [4.78, 5) is 28.0. The summed E-state index contributed by atoms with van der Waals surface area (Å²) < 4.78 is 0. The van der Waals surface area contributed by atoms with E-state index in [1.165, 1.54) is 0 Å². The Morgan fingerprint density at radius 1 is 0.939 bits per heavy atom. The van der Waals surface area contributed by atoms with Crippen molar-refractivity contribution in [1.82, 2.24) is 20.3 Å². The van der Waals surface area contributed by atoms with E-state index in [1.807, 2.05) is 98.8 Å². The number of nitrogens with zero attached hydrogens (tertiary/aromatic N) is 4. The fourth-order valence-electron chi connectivity index (χ4n) is 3.54. The standard InChI is InChI=1S/C27H27N5O/c1-19-8-4-5-9-22(19)16-25(33)29-17-20-11-13-21(14-12-20)26-23(24-10-6-7-15-28-24)18-30-27(31-26)32(2)3/h4-15,18H,16-17H2,1-3H3,(H,29,33). The summed E-state index contributed by atoms with van der Waals surface area (Å²) in [6, 6.07) is 21.8. The van der Waals surface area contributed by atoms with E-state index in [9.17, 15) is 4.79 Å². The minimum absolute atomic E-state index is 0.0113. The number of anilines is 1. The van der Waals surface area contributed by atoms with Crippen LogP contribution in [0.15, 0.2) is 79.1 Å². The molecule has 0 aliphatic carbocycles. The van der Waals surface area contributed by atoms with Crippen molar-refractivity contribution in [1.29, 1.82) is 0 Å². The smallest absolute Gasteiger partial charge is 0.225 e. The SMILES string of the molecule is Cc1ccccc1CC(=O)NCc1ccc(-c2nc(N(C)C)ncc2-c2ccccn2)cc1. The molecule has 0 saturated heterocycles. The summed E-state index contributed by atoms with van der Waals surface area (Å²) in [6.07, 6.45) is 3.97. The van der Waals surface area contributed by atoms with E-state index < -0.39 is 0 Å². The van der Waals surface area contributed by atoms with Gasteiger partial charge in [-0.3, -0.25) is 9.78 Å². The lowest BCUT2D eigenvalue weighted by Gasteiger charge is -2.15. The van der Waals surface area contributed by atoms with Gasteiger partial charge in [0.1, 0.15) is 0 Å². The van der Waals surface area contributed by atoms with Crippen LogP contribution in [-0.2, 0) is 17.8 Å². The van der Waals surface area contributed by atoms with E-state index in [2.05, 4.69) is 15.3 Å². The largest absolute Gasteiger partial charge is 0.352 e. The Kier molecular flexibility index (Phi) is 6.74. The fourth-order valence-corrected chi connectivity index (χ4v) is 3.54. The van der Waals surface area contributed by atoms with E-state index in [0.717, 1.165) is 39.2 Å². The number of carbonyl (C=O) groups is 1. The van der Waals surface area contributed by atoms with Crippen molar-refractivity contribution < 1.29 is 4.79 Å². The Labute approximate surface area is 194 Å². The van der Waals surface area contributed by atoms with Crippen molar-refractivity contribution in [2.45, 2.75) is 19.9 Å². The lowest BCUT2D eigenvalue weighted by molar-refractivity contribution is -0.120. The molecular formula is C27H27N5O. The molecule has 33 heavy (non-hydrogen) atoms. The third-order valence-electron chi connectivity index (χ3n) is 5.45. The van der Waals surface area contributed by atoms with Gasteiger partial charge in [0.05, 0.1) is 17.8 Å². The predicted octanol–water partition coefficient (Wildman–Crippen LogP) is 4.44. The molecule has 0 spiro atoms. The molecule has 6 nitrogen and oxygen atoms in total. The lowest BCUT2D eigenvalue weighted by Crippen LogP contribution is -2.24. The van der Waals surface area contributed by atoms with E-state index in [-0.39, 0.29) is 5.91 Å². The zero-order chi connectivity index (χ0) is 23.2. The number of hydrogen-bond donors (Lipinski definition) is 1. The first-order valence-corrected chi connectivity index (χ1v) is 10.9. The van der Waals surface area contributed by atoms with Gasteiger partial charge in [-0.15, -0.1) is 0 Å². The van der Waals surface area contributed by atoms with Gasteiger partial charge in [-0.2, -0.15) is 0 Å². The second-order valence-electron chi connectivity index (χ2n) is 8.12. The number of nitrogens with one attached hydrogen (secondary N) is 1. The molecule has 2 heterocycles. The summed E-state index contributed by atoms with van der Waals surface area (Å²) in [7, 11) is 3.84. The number of benzene rings is 2. The minimum atomic E-state index is 0.0113. The first-order valence-electron chi connectivity index (χ1n) is 10.9. The molecule has 1 N–H and O–H groups in total. The topological polar surface area (TPSA) is 71.0 Å². The number of carbonyl (C=O) groups excluding carboxylic acids is 1. The van der Waals surface area contributed by atoms with E-state index in [0.29, 0.717) is 18.9 Å². The Morgan fingerprint density at radius 2 is 1.70 bits per heavy atom. The molecule has 0 saturated carbocycles. The Bertz CT molecular complexity index is 1240. The number of rotatable bonds is 7. The summed E-state index contributed by atoms with van der Waals surface area (Å²) in [5.41, 5.74) is 6.69. The number of aromatic nitrogens is 3. The van der Waals surface area contributed by atoms with Crippen LogP contribution in [0.1, 0.15) is 16.7 Å². The van der Waals surface area contributed by atoms with E-state index in [1.54, 1.807) is 6.20 Å². The first kappa shape index (κ1) is 22.1. The van der Waals surface area contributed by atoms with Gasteiger partial charge in [0.25, 0.3) is 0 Å². The Hall–Kier alpha value is -4.06. The second-order valence-corrected chi connectivity index (χ2v) is 8.12. The van der Waals surface area contributed by atoms with Gasteiger partial charge in [0.2, 0.25) is 11.9 Å². The van der Waals surface area contributed by atoms with Crippen LogP contribution >= 0.6 is 0 Å². The van der Waals surface area contributed by atoms with Crippen LogP contribution in [0.5, 0.6) is 0 Å². The molecule has 4 rings (SSSR count). The zero-order valence-electron chi connectivity index (χ0n) is 19.1. The highest BCUT2D eigenvalue weighted by atomic mass is 16.1. The highest BCUT2D eigenvalue weighted by Gasteiger charge is 2.14. The van der Waals surface area contributed by atoms with Crippen LogP contribution < -0.4 is 10.2 Å². The van der Waals surface area contributed by atoms with Crippen molar-refractivity contribution in [3.05, 3.63) is 95.8 Å². The zero-order valence-corrected chi connectivity index (χ0v) is 19.1. The molecule has 0 bridgehead atoms. The third kappa shape index (κ3) is 5.41. The Morgan fingerprint density at radius 3 is 2.39 bits per heavy atom. The van der Waals surface area contributed by atoms with Gasteiger partial charge in [0, 0.05) is 44.2 Å². The molecule has 0 fully saturated rings. The molecule has 166 valence electrons. The molecule has 0 radical (unpaired) electrons. The maximum atomic E-state index is 12.4. The monoisotopic (exact) mass is 437 g/mol. The van der Waals surface area contributed by atoms with E-state index >= 15 is 0 Å². The summed E-state index contributed by atoms with van der Waals surface area (Å²) in [5.74, 6) is 0.648. The van der Waals surface area contributed by atoms with Crippen LogP contribution in [0.2, 0.25) is 0 Å². The second kappa shape index (κ2) is 10.0. The van der Waals surface area contributed by atoms with Crippen molar-refractivity contribution in [2.75, 3.05) is 19.0 Å². The summed E-state index contributed by atoms with van der Waals surface area (Å²) in [6.45, 7) is 2.50. The quantitative estimate of drug-likeness (QED) is 0.463. The molecule has 0 aliphatic heterocycles. The predicted molar refractivity (Wildman–Crippen MR) is 132 cm³/mol. The normalized spacial score (nSPS) is 10.6. The highest BCUT2D eigenvalue weighted by molar-refractivity contribution is 5.80. The minimum Gasteiger partial charge on any atom is -0.352 e. The fraction of sp³-hybridized carbons (Fsp3) is 0.185. The van der Waals surface area contributed by atoms with Gasteiger partial charge in [0.15, 0.2) is 0 Å². The number of amides is 1. The molecule has 2 aromatic heterocycles. The molecule has 2 aromatic carbocycles. The molecule has 0 atom stereocenters. The first-order chi connectivity index (χ1) is 16.0. The maximum Gasteiger partial charge on any atom is 0.225 e. The average Bonchev–Trinajstić information content (AvgIpc) is 2.84. The molecule has 6 heteroatoms. The molecule has 0 unspecified atom stereocenters. The molecule has 1 amide bonds. The summed E-state index contributed by atoms with van der Waals surface area (Å²) in [5, 5.41) is 3.01. The molecule has 4 aromatic rings. The van der Waals surface area contributed by atoms with Crippen molar-refractivity contribution in [3.63, 3.8) is 0 Å². The molecular weight excluding hydrogens is 410 g/mol. The van der Waals surface area contributed by atoms with Gasteiger partial charge >= 0.3 is 0 Å².